The van der Waals surface area contributed by atoms with Crippen LogP contribution in [0.3, 0.4) is 0 Å². The first-order chi connectivity index (χ1) is 11.1. The van der Waals surface area contributed by atoms with Gasteiger partial charge in [0.25, 0.3) is 5.91 Å². The van der Waals surface area contributed by atoms with E-state index in [1.807, 2.05) is 0 Å². The molecule has 0 unspecified atom stereocenters. The van der Waals surface area contributed by atoms with Crippen LogP contribution in [0.2, 0.25) is 0 Å². The number of rotatable bonds is 3. The lowest BCUT2D eigenvalue weighted by Gasteiger charge is -2.28. The van der Waals surface area contributed by atoms with E-state index in [0.29, 0.717) is 30.0 Å². The predicted molar refractivity (Wildman–Crippen MR) is 89.0 cm³/mol. The van der Waals surface area contributed by atoms with Crippen LogP contribution in [-0.2, 0) is 10.0 Å². The Morgan fingerprint density at radius 3 is 2.74 bits per heavy atom. The number of pyridine rings is 1. The molecule has 7 heteroatoms. The van der Waals surface area contributed by atoms with Crippen LogP contribution >= 0.6 is 0 Å². The van der Waals surface area contributed by atoms with E-state index in [-0.39, 0.29) is 11.7 Å². The van der Waals surface area contributed by atoms with Gasteiger partial charge in [-0.25, -0.2) is 13.4 Å². The number of amides is 1. The molecule has 1 saturated heterocycles. The van der Waals surface area contributed by atoms with Gasteiger partial charge in [-0.3, -0.25) is 9.10 Å². The summed E-state index contributed by atoms with van der Waals surface area (Å²) in [5, 5.41) is 2.69. The van der Waals surface area contributed by atoms with Crippen molar-refractivity contribution in [2.45, 2.75) is 12.8 Å². The van der Waals surface area contributed by atoms with Crippen LogP contribution < -0.4 is 9.62 Å². The summed E-state index contributed by atoms with van der Waals surface area (Å²) in [7, 11) is -3.29. The quantitative estimate of drug-likeness (QED) is 0.935. The molecule has 1 amide bonds. The first-order valence-electron chi connectivity index (χ1n) is 7.39. The first-order valence-corrected chi connectivity index (χ1v) is 9.00. The molecule has 1 aliphatic heterocycles. The minimum atomic E-state index is -3.29. The molecule has 2 heterocycles. The van der Waals surface area contributed by atoms with E-state index < -0.39 is 10.0 Å². The number of aromatic nitrogens is 1. The van der Waals surface area contributed by atoms with E-state index in [4.69, 9.17) is 0 Å². The third-order valence-electron chi connectivity index (χ3n) is 3.65. The zero-order valence-electron chi connectivity index (χ0n) is 12.5. The van der Waals surface area contributed by atoms with Crippen molar-refractivity contribution in [3.05, 3.63) is 54.2 Å². The molecule has 0 radical (unpaired) electrons. The second-order valence-electron chi connectivity index (χ2n) is 5.31. The van der Waals surface area contributed by atoms with Gasteiger partial charge in [0.15, 0.2) is 0 Å². The standard InChI is InChI=1S/C16H17N3O3S/c20-16(18-15-8-1-2-9-17-15)13-6-5-7-14(12-13)19-10-3-4-11-23(19,21)22/h1-2,5-9,12H,3-4,10-11H2,(H,17,18,20). The SMILES string of the molecule is O=C(Nc1ccccn1)c1cccc(N2CCCCS2(=O)=O)c1. The van der Waals surface area contributed by atoms with Gasteiger partial charge in [-0.1, -0.05) is 12.1 Å². The minimum Gasteiger partial charge on any atom is -0.307 e. The first kappa shape index (κ1) is 15.5. The number of nitrogens with one attached hydrogen (secondary N) is 1. The van der Waals surface area contributed by atoms with Gasteiger partial charge in [-0.05, 0) is 43.2 Å². The fraction of sp³-hybridized carbons (Fsp3) is 0.250. The molecule has 0 spiro atoms. The van der Waals surface area contributed by atoms with Crippen molar-refractivity contribution in [3.63, 3.8) is 0 Å². The zero-order valence-corrected chi connectivity index (χ0v) is 13.3. The lowest BCUT2D eigenvalue weighted by molar-refractivity contribution is 0.102. The van der Waals surface area contributed by atoms with Crippen molar-refractivity contribution in [1.82, 2.24) is 4.98 Å². The largest absolute Gasteiger partial charge is 0.307 e. The summed E-state index contributed by atoms with van der Waals surface area (Å²) in [6.45, 7) is 0.452. The molecule has 6 nitrogen and oxygen atoms in total. The molecule has 1 aliphatic rings. The Hall–Kier alpha value is -2.41. The Morgan fingerprint density at radius 1 is 1.13 bits per heavy atom. The van der Waals surface area contributed by atoms with Crippen LogP contribution in [0.25, 0.3) is 0 Å². The molecule has 1 N–H and O–H groups in total. The average Bonchev–Trinajstić information content (AvgIpc) is 2.55. The van der Waals surface area contributed by atoms with Crippen LogP contribution in [0.5, 0.6) is 0 Å². The van der Waals surface area contributed by atoms with Crippen molar-refractivity contribution in [1.29, 1.82) is 0 Å². The lowest BCUT2D eigenvalue weighted by Crippen LogP contribution is -2.37. The van der Waals surface area contributed by atoms with Gasteiger partial charge < -0.3 is 5.32 Å². The van der Waals surface area contributed by atoms with Gasteiger partial charge in [-0.15, -0.1) is 0 Å². The number of carbonyl (C=O) groups excluding carboxylic acids is 1. The summed E-state index contributed by atoms with van der Waals surface area (Å²) in [6, 6.07) is 11.9. The van der Waals surface area contributed by atoms with Gasteiger partial charge >= 0.3 is 0 Å². The summed E-state index contributed by atoms with van der Waals surface area (Å²) < 4.78 is 25.7. The van der Waals surface area contributed by atoms with E-state index in [1.165, 1.54) is 4.31 Å². The maximum absolute atomic E-state index is 12.3. The highest BCUT2D eigenvalue weighted by Gasteiger charge is 2.26. The van der Waals surface area contributed by atoms with Crippen LogP contribution in [0.15, 0.2) is 48.7 Å². The molecule has 1 aromatic carbocycles. The number of nitrogens with zero attached hydrogens (tertiary/aromatic N) is 2. The van der Waals surface area contributed by atoms with Crippen molar-refractivity contribution in [3.8, 4) is 0 Å². The van der Waals surface area contributed by atoms with Crippen LogP contribution in [0.4, 0.5) is 11.5 Å². The lowest BCUT2D eigenvalue weighted by atomic mass is 10.2. The number of hydrogen-bond acceptors (Lipinski definition) is 4. The third-order valence-corrected chi connectivity index (χ3v) is 5.52. The summed E-state index contributed by atoms with van der Waals surface area (Å²) in [6.07, 6.45) is 3.09. The topological polar surface area (TPSA) is 79.4 Å². The molecule has 2 aromatic rings. The maximum atomic E-state index is 12.3. The van der Waals surface area contributed by atoms with Crippen LogP contribution in [0.1, 0.15) is 23.2 Å². The monoisotopic (exact) mass is 331 g/mol. The average molecular weight is 331 g/mol. The number of hydrogen-bond donors (Lipinski definition) is 1. The molecule has 120 valence electrons. The Labute approximate surface area is 135 Å². The fourth-order valence-corrected chi connectivity index (χ4v) is 4.14. The van der Waals surface area contributed by atoms with Gasteiger partial charge in [0.05, 0.1) is 11.4 Å². The van der Waals surface area contributed by atoms with Crippen LogP contribution in [-0.4, -0.2) is 31.6 Å². The third kappa shape index (κ3) is 3.50. The van der Waals surface area contributed by atoms with Gasteiger partial charge in [0.2, 0.25) is 10.0 Å². The molecular formula is C16H17N3O3S. The van der Waals surface area contributed by atoms with E-state index in [9.17, 15) is 13.2 Å². The molecule has 0 atom stereocenters. The van der Waals surface area contributed by atoms with Gasteiger partial charge in [0.1, 0.15) is 5.82 Å². The maximum Gasteiger partial charge on any atom is 0.256 e. The molecule has 0 aliphatic carbocycles. The second kappa shape index (κ2) is 6.37. The van der Waals surface area contributed by atoms with Crippen molar-refractivity contribution >= 4 is 27.4 Å². The molecule has 23 heavy (non-hydrogen) atoms. The normalized spacial score (nSPS) is 16.8. The van der Waals surface area contributed by atoms with Crippen LogP contribution in [0, 0.1) is 0 Å². The second-order valence-corrected chi connectivity index (χ2v) is 7.33. The molecule has 1 aromatic heterocycles. The molecule has 1 fully saturated rings. The predicted octanol–water partition coefficient (Wildman–Crippen LogP) is 2.26. The van der Waals surface area contributed by atoms with E-state index in [1.54, 1.807) is 48.7 Å². The van der Waals surface area contributed by atoms with Gasteiger partial charge in [0, 0.05) is 18.3 Å². The number of carbonyl (C=O) groups is 1. The Bertz CT molecular complexity index is 806. The van der Waals surface area contributed by atoms with Crippen molar-refractivity contribution < 1.29 is 13.2 Å². The highest BCUT2D eigenvalue weighted by molar-refractivity contribution is 7.92. The van der Waals surface area contributed by atoms with Crippen molar-refractivity contribution in [2.75, 3.05) is 21.9 Å². The number of benzene rings is 1. The molecular weight excluding hydrogens is 314 g/mol. The van der Waals surface area contributed by atoms with Gasteiger partial charge in [-0.2, -0.15) is 0 Å². The smallest absolute Gasteiger partial charge is 0.256 e. The Morgan fingerprint density at radius 2 is 2.00 bits per heavy atom. The number of sulfonamides is 1. The summed E-state index contributed by atoms with van der Waals surface area (Å²) in [4.78, 5) is 16.3. The van der Waals surface area contributed by atoms with Crippen molar-refractivity contribution in [2.24, 2.45) is 0 Å². The van der Waals surface area contributed by atoms with E-state index >= 15 is 0 Å². The molecule has 0 saturated carbocycles. The highest BCUT2D eigenvalue weighted by Crippen LogP contribution is 2.24. The summed E-state index contributed by atoms with van der Waals surface area (Å²) in [5.41, 5.74) is 0.923. The minimum absolute atomic E-state index is 0.150. The Balaban J connectivity index is 1.83. The Kier molecular flexibility index (Phi) is 4.29. The zero-order chi connectivity index (χ0) is 16.3. The van der Waals surface area contributed by atoms with E-state index in [0.717, 1.165) is 6.42 Å². The fourth-order valence-electron chi connectivity index (χ4n) is 2.51. The summed E-state index contributed by atoms with van der Waals surface area (Å²) >= 11 is 0. The molecule has 3 rings (SSSR count). The number of anilines is 2. The highest BCUT2D eigenvalue weighted by atomic mass is 32.2. The summed E-state index contributed by atoms with van der Waals surface area (Å²) in [5.74, 6) is 0.283. The van der Waals surface area contributed by atoms with E-state index in [2.05, 4.69) is 10.3 Å². The molecule has 0 bridgehead atoms.